The van der Waals surface area contributed by atoms with Crippen molar-refractivity contribution in [3.05, 3.63) is 11.6 Å². The largest absolute Gasteiger partial charge is 0.419 e. The molecule has 0 aromatic heterocycles. The normalized spacial score (nSPS) is 24.8. The lowest BCUT2D eigenvalue weighted by Gasteiger charge is -2.29. The minimum Gasteiger partial charge on any atom is -0.419 e. The minimum atomic E-state index is -2.59. The lowest BCUT2D eigenvalue weighted by molar-refractivity contribution is -0.222. The quantitative estimate of drug-likeness (QED) is 0.283. The molecule has 1 aliphatic heterocycles. The van der Waals surface area contributed by atoms with Gasteiger partial charge in [0, 0.05) is 38.9 Å². The predicted octanol–water partition coefficient (Wildman–Crippen LogP) is 1.90. The van der Waals surface area contributed by atoms with Crippen molar-refractivity contribution in [3.8, 4) is 0 Å². The standard InChI is InChI=1S/C14H18F2N2O4/c1-13(2)21-11(19)10(12(20)22-13)5-8-17-18-9-3-6-14(15,16)7-4-9/h5,8-9,18H,3-4,6-7H2,1-2H3. The van der Waals surface area contributed by atoms with Crippen molar-refractivity contribution in [1.29, 1.82) is 0 Å². The Morgan fingerprint density at radius 2 is 1.73 bits per heavy atom. The van der Waals surface area contributed by atoms with Crippen molar-refractivity contribution in [1.82, 2.24) is 5.43 Å². The van der Waals surface area contributed by atoms with Crippen LogP contribution in [-0.2, 0) is 19.1 Å². The number of ether oxygens (including phenoxy) is 2. The Hall–Kier alpha value is -1.99. The number of rotatable bonds is 3. The van der Waals surface area contributed by atoms with E-state index in [-0.39, 0.29) is 24.5 Å². The van der Waals surface area contributed by atoms with Crippen LogP contribution in [0, 0.1) is 0 Å². The third-order valence-corrected chi connectivity index (χ3v) is 3.41. The second-order valence-corrected chi connectivity index (χ2v) is 5.80. The first kappa shape index (κ1) is 16.4. The van der Waals surface area contributed by atoms with Gasteiger partial charge in [-0.1, -0.05) is 0 Å². The van der Waals surface area contributed by atoms with Crippen LogP contribution in [0.2, 0.25) is 0 Å². The molecule has 0 atom stereocenters. The molecular formula is C14H18F2N2O4. The molecule has 1 aliphatic carbocycles. The van der Waals surface area contributed by atoms with Crippen LogP contribution in [0.4, 0.5) is 8.78 Å². The summed E-state index contributed by atoms with van der Waals surface area (Å²) >= 11 is 0. The highest BCUT2D eigenvalue weighted by Crippen LogP contribution is 2.32. The number of halogens is 2. The molecule has 0 unspecified atom stereocenters. The van der Waals surface area contributed by atoms with Gasteiger partial charge in [0.05, 0.1) is 0 Å². The lowest BCUT2D eigenvalue weighted by atomic mass is 9.93. The van der Waals surface area contributed by atoms with Gasteiger partial charge in [0.2, 0.25) is 5.92 Å². The molecule has 2 aliphatic rings. The molecule has 2 rings (SSSR count). The smallest absolute Gasteiger partial charge is 0.348 e. The lowest BCUT2D eigenvalue weighted by Crippen LogP contribution is -2.41. The molecule has 0 aromatic carbocycles. The van der Waals surface area contributed by atoms with E-state index in [9.17, 15) is 18.4 Å². The molecular weight excluding hydrogens is 298 g/mol. The number of nitrogens with zero attached hydrogens (tertiary/aromatic N) is 1. The van der Waals surface area contributed by atoms with Gasteiger partial charge in [-0.25, -0.2) is 18.4 Å². The fourth-order valence-corrected chi connectivity index (χ4v) is 2.23. The van der Waals surface area contributed by atoms with E-state index in [0.29, 0.717) is 12.8 Å². The van der Waals surface area contributed by atoms with E-state index in [4.69, 9.17) is 9.47 Å². The summed E-state index contributed by atoms with van der Waals surface area (Å²) in [6.07, 6.45) is 2.68. The van der Waals surface area contributed by atoms with Gasteiger partial charge in [0.15, 0.2) is 0 Å². The zero-order valence-electron chi connectivity index (χ0n) is 12.4. The number of carbonyl (C=O) groups excluding carboxylic acids is 2. The highest BCUT2D eigenvalue weighted by molar-refractivity contribution is 6.17. The first-order valence-corrected chi connectivity index (χ1v) is 7.02. The van der Waals surface area contributed by atoms with Crippen LogP contribution >= 0.6 is 0 Å². The summed E-state index contributed by atoms with van der Waals surface area (Å²) in [5, 5.41) is 3.83. The average molecular weight is 316 g/mol. The van der Waals surface area contributed by atoms with Crippen molar-refractivity contribution in [2.24, 2.45) is 5.10 Å². The number of hydrogen-bond acceptors (Lipinski definition) is 6. The number of hydrogen-bond donors (Lipinski definition) is 1. The zero-order chi connectivity index (χ0) is 16.4. The van der Waals surface area contributed by atoms with E-state index in [1.54, 1.807) is 0 Å². The molecule has 0 bridgehead atoms. The summed E-state index contributed by atoms with van der Waals surface area (Å²) < 4.78 is 35.8. The summed E-state index contributed by atoms with van der Waals surface area (Å²) in [5.41, 5.74) is 2.47. The maximum Gasteiger partial charge on any atom is 0.348 e. The van der Waals surface area contributed by atoms with E-state index in [1.165, 1.54) is 26.1 Å². The molecule has 1 saturated heterocycles. The summed E-state index contributed by atoms with van der Waals surface area (Å²) in [6.45, 7) is 2.90. The predicted molar refractivity (Wildman–Crippen MR) is 73.2 cm³/mol. The van der Waals surface area contributed by atoms with Gasteiger partial charge in [-0.05, 0) is 18.9 Å². The minimum absolute atomic E-state index is 0.140. The number of nitrogens with one attached hydrogen (secondary N) is 1. The Balaban J connectivity index is 1.86. The number of cyclic esters (lactones) is 2. The Bertz CT molecular complexity index is 497. The monoisotopic (exact) mass is 316 g/mol. The number of carbonyl (C=O) groups is 2. The third kappa shape index (κ3) is 4.25. The molecule has 122 valence electrons. The molecule has 1 heterocycles. The Labute approximate surface area is 126 Å². The Kier molecular flexibility index (Phi) is 4.48. The van der Waals surface area contributed by atoms with E-state index in [1.807, 2.05) is 0 Å². The second kappa shape index (κ2) is 6.02. The van der Waals surface area contributed by atoms with Gasteiger partial charge in [0.1, 0.15) is 5.57 Å². The van der Waals surface area contributed by atoms with Crippen LogP contribution in [0.5, 0.6) is 0 Å². The molecule has 0 spiro atoms. The molecule has 22 heavy (non-hydrogen) atoms. The number of hydrazone groups is 1. The van der Waals surface area contributed by atoms with Crippen LogP contribution in [0.3, 0.4) is 0 Å². The molecule has 0 aromatic rings. The van der Waals surface area contributed by atoms with Crippen molar-refractivity contribution >= 4 is 18.2 Å². The van der Waals surface area contributed by atoms with E-state index in [2.05, 4.69) is 10.5 Å². The molecule has 1 N–H and O–H groups in total. The topological polar surface area (TPSA) is 77.0 Å². The van der Waals surface area contributed by atoms with Gasteiger partial charge < -0.3 is 14.9 Å². The van der Waals surface area contributed by atoms with Crippen LogP contribution in [0.25, 0.3) is 0 Å². The number of allylic oxidation sites excluding steroid dienone is 1. The summed E-state index contributed by atoms with van der Waals surface area (Å²) in [5.74, 6) is -5.45. The van der Waals surface area contributed by atoms with Gasteiger partial charge in [-0.3, -0.25) is 0 Å². The van der Waals surface area contributed by atoms with Gasteiger partial charge in [-0.15, -0.1) is 0 Å². The van der Waals surface area contributed by atoms with Gasteiger partial charge in [0.25, 0.3) is 5.79 Å². The SMILES string of the molecule is CC1(C)OC(=O)C(=CC=NNC2CCC(F)(F)CC2)C(=O)O1. The van der Waals surface area contributed by atoms with Crippen LogP contribution in [0.1, 0.15) is 39.5 Å². The van der Waals surface area contributed by atoms with E-state index >= 15 is 0 Å². The van der Waals surface area contributed by atoms with Crippen molar-refractivity contribution in [2.75, 3.05) is 0 Å². The van der Waals surface area contributed by atoms with Crippen molar-refractivity contribution in [2.45, 2.75) is 57.3 Å². The Morgan fingerprint density at radius 3 is 2.27 bits per heavy atom. The average Bonchev–Trinajstić information content (AvgIpc) is 2.37. The maximum absolute atomic E-state index is 13.0. The first-order valence-electron chi connectivity index (χ1n) is 7.02. The second-order valence-electron chi connectivity index (χ2n) is 5.80. The highest BCUT2D eigenvalue weighted by Gasteiger charge is 2.38. The highest BCUT2D eigenvalue weighted by atomic mass is 19.3. The fourth-order valence-electron chi connectivity index (χ4n) is 2.23. The number of esters is 2. The van der Waals surface area contributed by atoms with Crippen LogP contribution in [-0.4, -0.2) is 35.9 Å². The number of alkyl halides is 2. The molecule has 1 saturated carbocycles. The van der Waals surface area contributed by atoms with Gasteiger partial charge in [-0.2, -0.15) is 5.10 Å². The maximum atomic E-state index is 13.0. The molecule has 2 fully saturated rings. The summed E-state index contributed by atoms with van der Waals surface area (Å²) in [6, 6.07) is -0.140. The van der Waals surface area contributed by atoms with Gasteiger partial charge >= 0.3 is 11.9 Å². The molecule has 8 heteroatoms. The van der Waals surface area contributed by atoms with Crippen molar-refractivity contribution in [3.63, 3.8) is 0 Å². The molecule has 6 nitrogen and oxygen atoms in total. The fraction of sp³-hybridized carbons (Fsp3) is 0.643. The van der Waals surface area contributed by atoms with Crippen molar-refractivity contribution < 1.29 is 27.8 Å². The zero-order valence-corrected chi connectivity index (χ0v) is 12.4. The first-order chi connectivity index (χ1) is 10.2. The molecule has 0 amide bonds. The third-order valence-electron chi connectivity index (χ3n) is 3.41. The van der Waals surface area contributed by atoms with Crippen LogP contribution in [0.15, 0.2) is 16.8 Å². The summed E-state index contributed by atoms with van der Waals surface area (Å²) in [7, 11) is 0. The molecule has 0 radical (unpaired) electrons. The van der Waals surface area contributed by atoms with E-state index < -0.39 is 23.6 Å². The summed E-state index contributed by atoms with van der Waals surface area (Å²) in [4.78, 5) is 23.3. The Morgan fingerprint density at radius 1 is 1.18 bits per heavy atom. The van der Waals surface area contributed by atoms with Crippen LogP contribution < -0.4 is 5.43 Å². The van der Waals surface area contributed by atoms with E-state index in [0.717, 1.165) is 0 Å².